The number of amides is 1. The monoisotopic (exact) mass is 495 g/mol. The Labute approximate surface area is 195 Å². The molecule has 1 aromatic carbocycles. The number of alkyl halides is 5. The van der Waals surface area contributed by atoms with Gasteiger partial charge in [-0.2, -0.15) is 22.0 Å². The number of hydrogen-bond acceptors (Lipinski definition) is 6. The highest BCUT2D eigenvalue weighted by Crippen LogP contribution is 2.38. The number of morpholine rings is 1. The Morgan fingerprint density at radius 3 is 2.74 bits per heavy atom. The van der Waals surface area contributed by atoms with Crippen molar-refractivity contribution in [2.24, 2.45) is 0 Å². The van der Waals surface area contributed by atoms with Gasteiger partial charge in [0.2, 0.25) is 0 Å². The van der Waals surface area contributed by atoms with E-state index in [-0.39, 0.29) is 42.3 Å². The molecule has 4 heterocycles. The molecule has 0 saturated carbocycles. The Bertz CT molecular complexity index is 1280. The first kappa shape index (κ1) is 23.1. The molecule has 0 radical (unpaired) electrons. The van der Waals surface area contributed by atoms with Gasteiger partial charge in [-0.05, 0) is 30.7 Å². The molecule has 2 atom stereocenters. The minimum absolute atomic E-state index is 0.0524. The van der Waals surface area contributed by atoms with Crippen LogP contribution in [0.5, 0.6) is 5.75 Å². The van der Waals surface area contributed by atoms with Gasteiger partial charge in [-0.3, -0.25) is 9.78 Å². The summed E-state index contributed by atoms with van der Waals surface area (Å²) < 4.78 is 77.2. The average Bonchev–Trinajstić information content (AvgIpc) is 3.21. The maximum absolute atomic E-state index is 13.5. The third kappa shape index (κ3) is 4.09. The molecule has 5 rings (SSSR count). The van der Waals surface area contributed by atoms with E-state index in [0.717, 1.165) is 6.07 Å². The fourth-order valence-corrected chi connectivity index (χ4v) is 4.54. The number of carbonyl (C=O) groups excluding carboxylic acids is 1. The number of halogens is 5. The van der Waals surface area contributed by atoms with Crippen molar-refractivity contribution in [3.63, 3.8) is 0 Å². The molecule has 35 heavy (non-hydrogen) atoms. The van der Waals surface area contributed by atoms with Crippen LogP contribution in [-0.4, -0.2) is 56.4 Å². The van der Waals surface area contributed by atoms with E-state index in [0.29, 0.717) is 11.6 Å². The minimum Gasteiger partial charge on any atom is -0.435 e. The summed E-state index contributed by atoms with van der Waals surface area (Å²) in [6.07, 6.45) is -3.29. The Kier molecular flexibility index (Phi) is 5.66. The van der Waals surface area contributed by atoms with Crippen LogP contribution in [-0.2, 0) is 17.5 Å². The van der Waals surface area contributed by atoms with E-state index in [1.807, 2.05) is 0 Å². The Hall–Kier alpha value is -3.61. The molecule has 0 N–H and O–H groups in total. The predicted octanol–water partition coefficient (Wildman–Crippen LogP) is 3.86. The van der Waals surface area contributed by atoms with E-state index in [4.69, 9.17) is 4.74 Å². The zero-order valence-electron chi connectivity index (χ0n) is 18.2. The molecular weight excluding hydrogens is 477 g/mol. The first-order valence-electron chi connectivity index (χ1n) is 10.6. The van der Waals surface area contributed by atoms with E-state index in [1.54, 1.807) is 4.57 Å². The second kappa shape index (κ2) is 8.56. The normalized spacial score (nSPS) is 19.6. The highest BCUT2D eigenvalue weighted by Gasteiger charge is 2.45. The number of ether oxygens (including phenoxy) is 2. The molecule has 2 bridgehead atoms. The molecule has 2 aromatic heterocycles. The van der Waals surface area contributed by atoms with Gasteiger partial charge in [0.15, 0.2) is 11.6 Å². The number of hydrogen-bond donors (Lipinski definition) is 0. The number of aromatic nitrogens is 4. The van der Waals surface area contributed by atoms with Gasteiger partial charge >= 0.3 is 12.8 Å². The summed E-state index contributed by atoms with van der Waals surface area (Å²) in [6, 6.07) is 4.88. The van der Waals surface area contributed by atoms with Crippen LogP contribution >= 0.6 is 0 Å². The smallest absolute Gasteiger partial charge is 0.416 e. The van der Waals surface area contributed by atoms with Crippen molar-refractivity contribution >= 4 is 5.91 Å². The number of carbonyl (C=O) groups is 1. The van der Waals surface area contributed by atoms with Crippen molar-refractivity contribution in [3.8, 4) is 17.3 Å². The summed E-state index contributed by atoms with van der Waals surface area (Å²) in [7, 11) is 0. The van der Waals surface area contributed by atoms with Crippen LogP contribution in [0.2, 0.25) is 0 Å². The minimum atomic E-state index is -4.59. The quantitative estimate of drug-likeness (QED) is 0.512. The fraction of sp³-hybridized carbons (Fsp3) is 0.364. The van der Waals surface area contributed by atoms with Crippen molar-refractivity contribution in [1.82, 2.24) is 24.6 Å². The first-order valence-corrected chi connectivity index (χ1v) is 10.6. The Morgan fingerprint density at radius 1 is 1.20 bits per heavy atom. The van der Waals surface area contributed by atoms with Gasteiger partial charge in [-0.1, -0.05) is 6.07 Å². The predicted molar refractivity (Wildman–Crippen MR) is 110 cm³/mol. The lowest BCUT2D eigenvalue weighted by Crippen LogP contribution is -2.56. The molecule has 13 heteroatoms. The van der Waals surface area contributed by atoms with Crippen molar-refractivity contribution in [2.75, 3.05) is 13.2 Å². The van der Waals surface area contributed by atoms with Crippen molar-refractivity contribution in [2.45, 2.75) is 38.3 Å². The number of rotatable bonds is 4. The van der Waals surface area contributed by atoms with Crippen LogP contribution in [0.4, 0.5) is 22.0 Å². The van der Waals surface area contributed by atoms with E-state index in [9.17, 15) is 26.7 Å². The van der Waals surface area contributed by atoms with Gasteiger partial charge in [0, 0.05) is 24.4 Å². The summed E-state index contributed by atoms with van der Waals surface area (Å²) in [5.41, 5.74) is -0.834. The third-order valence-corrected chi connectivity index (χ3v) is 6.08. The molecule has 2 aliphatic rings. The molecule has 2 aliphatic heterocycles. The zero-order chi connectivity index (χ0) is 24.9. The highest BCUT2D eigenvalue weighted by molar-refractivity contribution is 5.96. The molecule has 0 aliphatic carbocycles. The van der Waals surface area contributed by atoms with Crippen LogP contribution in [0, 0.1) is 6.92 Å². The number of benzene rings is 1. The van der Waals surface area contributed by atoms with Crippen LogP contribution in [0.3, 0.4) is 0 Å². The maximum Gasteiger partial charge on any atom is 0.416 e. The second-order valence-corrected chi connectivity index (χ2v) is 8.14. The van der Waals surface area contributed by atoms with E-state index in [2.05, 4.69) is 19.9 Å². The van der Waals surface area contributed by atoms with Crippen LogP contribution in [0.25, 0.3) is 11.5 Å². The molecule has 2 unspecified atom stereocenters. The number of pyridine rings is 1. The first-order chi connectivity index (χ1) is 16.6. The maximum atomic E-state index is 13.5. The Morgan fingerprint density at radius 2 is 2.00 bits per heavy atom. The van der Waals surface area contributed by atoms with E-state index >= 15 is 0 Å². The summed E-state index contributed by atoms with van der Waals surface area (Å²) >= 11 is 0. The van der Waals surface area contributed by atoms with E-state index in [1.165, 1.54) is 42.3 Å². The number of nitrogens with zero attached hydrogens (tertiary/aromatic N) is 5. The molecular formula is C22H18F5N5O3. The SMILES string of the molecule is Cc1c(C(=O)N2C3COCC2c2nnc(-c4cc(OC(F)F)ccn4)n2C3)cccc1C(F)(F)F. The van der Waals surface area contributed by atoms with Gasteiger partial charge in [-0.15, -0.1) is 10.2 Å². The second-order valence-electron chi connectivity index (χ2n) is 8.14. The summed E-state index contributed by atoms with van der Waals surface area (Å²) in [5.74, 6) is -0.0125. The molecule has 3 aromatic rings. The van der Waals surface area contributed by atoms with Crippen molar-refractivity contribution in [3.05, 3.63) is 59.0 Å². The highest BCUT2D eigenvalue weighted by atomic mass is 19.4. The third-order valence-electron chi connectivity index (χ3n) is 6.08. The fourth-order valence-electron chi connectivity index (χ4n) is 4.54. The zero-order valence-corrected chi connectivity index (χ0v) is 18.2. The summed E-state index contributed by atoms with van der Waals surface area (Å²) in [5, 5.41) is 8.32. The Balaban J connectivity index is 1.51. The van der Waals surface area contributed by atoms with Gasteiger partial charge in [-0.25, -0.2) is 0 Å². The topological polar surface area (TPSA) is 82.4 Å². The van der Waals surface area contributed by atoms with Gasteiger partial charge in [0.1, 0.15) is 17.5 Å². The largest absolute Gasteiger partial charge is 0.435 e. The lowest BCUT2D eigenvalue weighted by atomic mass is 9.97. The molecule has 184 valence electrons. The summed E-state index contributed by atoms with van der Waals surface area (Å²) in [6.45, 7) is -1.33. The van der Waals surface area contributed by atoms with Gasteiger partial charge in [0.25, 0.3) is 5.91 Å². The van der Waals surface area contributed by atoms with Crippen LogP contribution in [0.1, 0.15) is 33.4 Å². The van der Waals surface area contributed by atoms with Crippen molar-refractivity contribution < 1.29 is 36.2 Å². The van der Waals surface area contributed by atoms with Crippen LogP contribution < -0.4 is 4.74 Å². The van der Waals surface area contributed by atoms with Gasteiger partial charge < -0.3 is 18.9 Å². The molecule has 8 nitrogen and oxygen atoms in total. The average molecular weight is 495 g/mol. The molecule has 1 amide bonds. The molecule has 0 spiro atoms. The lowest BCUT2D eigenvalue weighted by Gasteiger charge is -2.45. The van der Waals surface area contributed by atoms with Crippen LogP contribution in [0.15, 0.2) is 36.5 Å². The van der Waals surface area contributed by atoms with Crippen molar-refractivity contribution in [1.29, 1.82) is 0 Å². The lowest BCUT2D eigenvalue weighted by molar-refractivity contribution is -0.138. The number of fused-ring (bicyclic) bond motifs is 4. The molecule has 1 saturated heterocycles. The van der Waals surface area contributed by atoms with E-state index < -0.39 is 36.3 Å². The summed E-state index contributed by atoms with van der Waals surface area (Å²) in [4.78, 5) is 19.2. The van der Waals surface area contributed by atoms with Gasteiger partial charge in [0.05, 0.1) is 24.8 Å². The standard InChI is InChI=1S/C22H18F5N5O3/c1-11-14(3-2-4-15(11)22(25,26)27)20(33)32-12-8-31-18(29-30-19(31)17(32)10-34-9-12)16-7-13(5-6-28-16)35-21(23)24/h2-7,12,17,21H,8-10H2,1H3. The molecule has 1 fully saturated rings.